The molecule has 0 aromatic heterocycles. The highest BCUT2D eigenvalue weighted by molar-refractivity contribution is 5.80. The third-order valence-electron chi connectivity index (χ3n) is 4.13. The van der Waals surface area contributed by atoms with E-state index in [9.17, 15) is 10.0 Å². The maximum Gasteiger partial charge on any atom is 0.328 e. The highest BCUT2D eigenvalue weighted by Crippen LogP contribution is 2.32. The zero-order valence-corrected chi connectivity index (χ0v) is 15.0. The van der Waals surface area contributed by atoms with E-state index < -0.39 is 11.1 Å². The Bertz CT molecular complexity index is 309. The Balaban J connectivity index is 4.99. The number of ether oxygens (including phenoxy) is 1. The molecule has 1 atom stereocenters. The van der Waals surface area contributed by atoms with E-state index >= 15 is 0 Å². The summed E-state index contributed by atoms with van der Waals surface area (Å²) in [5.41, 5.74) is 0.598. The number of carbonyl (C=O) groups is 1. The molecule has 0 aliphatic heterocycles. The summed E-state index contributed by atoms with van der Waals surface area (Å²) in [6.45, 7) is 14.0. The van der Waals surface area contributed by atoms with Gasteiger partial charge < -0.3 is 9.94 Å². The molecule has 0 fully saturated rings. The fourth-order valence-corrected chi connectivity index (χ4v) is 2.96. The Hall–Kier alpha value is -0.610. The Labute approximate surface area is 130 Å². The van der Waals surface area contributed by atoms with Crippen LogP contribution in [0.3, 0.4) is 0 Å². The molecule has 0 bridgehead atoms. The fourth-order valence-electron chi connectivity index (χ4n) is 2.96. The minimum Gasteiger partial charge on any atom is -0.458 e. The van der Waals surface area contributed by atoms with E-state index in [0.717, 1.165) is 25.7 Å². The van der Waals surface area contributed by atoms with Gasteiger partial charge in [-0.2, -0.15) is 5.48 Å². The van der Waals surface area contributed by atoms with Crippen LogP contribution in [0, 0.1) is 11.8 Å². The number of nitrogens with one attached hydrogen (secondary N) is 1. The molecule has 0 heterocycles. The van der Waals surface area contributed by atoms with Crippen LogP contribution in [-0.4, -0.2) is 22.3 Å². The van der Waals surface area contributed by atoms with E-state index in [0.29, 0.717) is 12.3 Å². The quantitative estimate of drug-likeness (QED) is 0.466. The summed E-state index contributed by atoms with van der Waals surface area (Å²) in [6.07, 6.45) is 4.77. The molecule has 0 aliphatic carbocycles. The lowest BCUT2D eigenvalue weighted by molar-refractivity contribution is -0.175. The monoisotopic (exact) mass is 301 g/mol. The first-order valence-electron chi connectivity index (χ1n) is 8.27. The standard InChI is InChI=1S/C17H35NO3/c1-8-10-14(11-9-2)16(5,6)21-15(19)17(7,18-20)12-13(3)4/h13-14,18,20H,8-12H2,1-7H3. The van der Waals surface area contributed by atoms with Gasteiger partial charge in [-0.1, -0.05) is 40.5 Å². The molecule has 0 saturated carbocycles. The molecule has 0 aliphatic rings. The third-order valence-corrected chi connectivity index (χ3v) is 4.13. The molecule has 2 N–H and O–H groups in total. The SMILES string of the molecule is CCCC(CCC)C(C)(C)OC(=O)C(C)(CC(C)C)NO. The lowest BCUT2D eigenvalue weighted by Gasteiger charge is -2.38. The highest BCUT2D eigenvalue weighted by atomic mass is 16.6. The van der Waals surface area contributed by atoms with Crippen molar-refractivity contribution >= 4 is 5.97 Å². The van der Waals surface area contributed by atoms with Crippen molar-refractivity contribution < 1.29 is 14.7 Å². The molecule has 0 radical (unpaired) electrons. The number of hydrogen-bond acceptors (Lipinski definition) is 4. The van der Waals surface area contributed by atoms with E-state index in [1.54, 1.807) is 6.92 Å². The Morgan fingerprint density at radius 3 is 1.95 bits per heavy atom. The Morgan fingerprint density at radius 1 is 1.14 bits per heavy atom. The lowest BCUT2D eigenvalue weighted by Crippen LogP contribution is -2.53. The minimum atomic E-state index is -1.05. The van der Waals surface area contributed by atoms with Crippen LogP contribution in [0.1, 0.15) is 80.6 Å². The first kappa shape index (κ1) is 20.4. The van der Waals surface area contributed by atoms with E-state index in [1.165, 1.54) is 0 Å². The van der Waals surface area contributed by atoms with Gasteiger partial charge >= 0.3 is 5.97 Å². The van der Waals surface area contributed by atoms with Gasteiger partial charge in [-0.15, -0.1) is 0 Å². The van der Waals surface area contributed by atoms with E-state index in [1.807, 2.05) is 27.7 Å². The van der Waals surface area contributed by atoms with Gasteiger partial charge in [-0.25, -0.2) is 4.79 Å². The van der Waals surface area contributed by atoms with Gasteiger partial charge in [-0.3, -0.25) is 0 Å². The second-order valence-electron chi connectivity index (χ2n) is 7.31. The van der Waals surface area contributed by atoms with Crippen LogP contribution >= 0.6 is 0 Å². The summed E-state index contributed by atoms with van der Waals surface area (Å²) in [5, 5.41) is 9.40. The van der Waals surface area contributed by atoms with Crippen molar-refractivity contribution in [1.29, 1.82) is 0 Å². The summed E-state index contributed by atoms with van der Waals surface area (Å²) < 4.78 is 5.80. The number of esters is 1. The molecule has 0 rings (SSSR count). The zero-order chi connectivity index (χ0) is 16.7. The predicted octanol–water partition coefficient (Wildman–Crippen LogP) is 4.31. The average Bonchev–Trinajstić information content (AvgIpc) is 2.37. The Morgan fingerprint density at radius 2 is 1.62 bits per heavy atom. The molecular formula is C17H35NO3. The smallest absolute Gasteiger partial charge is 0.328 e. The van der Waals surface area contributed by atoms with Crippen molar-refractivity contribution in [2.24, 2.45) is 11.8 Å². The first-order chi connectivity index (χ1) is 9.62. The van der Waals surface area contributed by atoms with Crippen LogP contribution in [-0.2, 0) is 9.53 Å². The van der Waals surface area contributed by atoms with Crippen LogP contribution in [0.4, 0.5) is 0 Å². The summed E-state index contributed by atoms with van der Waals surface area (Å²) >= 11 is 0. The second-order valence-corrected chi connectivity index (χ2v) is 7.31. The van der Waals surface area contributed by atoms with Gasteiger partial charge in [0.2, 0.25) is 0 Å². The summed E-state index contributed by atoms with van der Waals surface area (Å²) in [6, 6.07) is 0. The van der Waals surface area contributed by atoms with Gasteiger partial charge in [0, 0.05) is 0 Å². The van der Waals surface area contributed by atoms with Crippen LogP contribution in [0.25, 0.3) is 0 Å². The van der Waals surface area contributed by atoms with Crippen molar-refractivity contribution in [2.75, 3.05) is 0 Å². The number of carbonyl (C=O) groups excluding carboxylic acids is 1. The minimum absolute atomic E-state index is 0.285. The normalized spacial score (nSPS) is 15.3. The van der Waals surface area contributed by atoms with Crippen molar-refractivity contribution in [1.82, 2.24) is 5.48 Å². The van der Waals surface area contributed by atoms with Crippen molar-refractivity contribution in [3.05, 3.63) is 0 Å². The molecule has 21 heavy (non-hydrogen) atoms. The maximum atomic E-state index is 12.5. The Kier molecular flexibility index (Phi) is 8.49. The zero-order valence-electron chi connectivity index (χ0n) is 15.0. The van der Waals surface area contributed by atoms with Gasteiger partial charge in [0.1, 0.15) is 11.1 Å². The van der Waals surface area contributed by atoms with E-state index in [4.69, 9.17) is 4.74 Å². The van der Waals surface area contributed by atoms with Gasteiger partial charge in [0.05, 0.1) is 0 Å². The maximum absolute atomic E-state index is 12.5. The summed E-state index contributed by atoms with van der Waals surface area (Å²) in [4.78, 5) is 12.5. The van der Waals surface area contributed by atoms with E-state index in [2.05, 4.69) is 19.3 Å². The molecule has 126 valence electrons. The largest absolute Gasteiger partial charge is 0.458 e. The topological polar surface area (TPSA) is 58.6 Å². The molecule has 4 nitrogen and oxygen atoms in total. The average molecular weight is 301 g/mol. The number of hydrogen-bond donors (Lipinski definition) is 2. The first-order valence-corrected chi connectivity index (χ1v) is 8.27. The number of hydroxylamine groups is 1. The molecule has 0 saturated heterocycles. The van der Waals surface area contributed by atoms with Crippen LogP contribution in [0.2, 0.25) is 0 Å². The third kappa shape index (κ3) is 6.35. The van der Waals surface area contributed by atoms with Crippen LogP contribution in [0.15, 0.2) is 0 Å². The van der Waals surface area contributed by atoms with Crippen molar-refractivity contribution in [2.45, 2.75) is 91.7 Å². The van der Waals surface area contributed by atoms with Gasteiger partial charge in [-0.05, 0) is 51.9 Å². The predicted molar refractivity (Wildman–Crippen MR) is 86.3 cm³/mol. The van der Waals surface area contributed by atoms with E-state index in [-0.39, 0.29) is 11.9 Å². The second kappa shape index (κ2) is 8.74. The van der Waals surface area contributed by atoms with Gasteiger partial charge in [0.25, 0.3) is 0 Å². The summed E-state index contributed by atoms with van der Waals surface area (Å²) in [5.74, 6) is 0.256. The van der Waals surface area contributed by atoms with Crippen molar-refractivity contribution in [3.8, 4) is 0 Å². The van der Waals surface area contributed by atoms with Crippen molar-refractivity contribution in [3.63, 3.8) is 0 Å². The molecule has 0 aromatic rings. The lowest BCUT2D eigenvalue weighted by atomic mass is 9.83. The fraction of sp³-hybridized carbons (Fsp3) is 0.941. The highest BCUT2D eigenvalue weighted by Gasteiger charge is 2.40. The molecule has 4 heteroatoms. The molecular weight excluding hydrogens is 266 g/mol. The molecule has 0 aromatic carbocycles. The number of rotatable bonds is 10. The van der Waals surface area contributed by atoms with Gasteiger partial charge in [0.15, 0.2) is 0 Å². The molecule has 1 unspecified atom stereocenters. The molecule has 0 spiro atoms. The van der Waals surface area contributed by atoms with Crippen LogP contribution < -0.4 is 5.48 Å². The van der Waals surface area contributed by atoms with Crippen LogP contribution in [0.5, 0.6) is 0 Å². The molecule has 0 amide bonds. The summed E-state index contributed by atoms with van der Waals surface area (Å²) in [7, 11) is 0.